The summed E-state index contributed by atoms with van der Waals surface area (Å²) in [6.07, 6.45) is 4.78. The lowest BCUT2D eigenvalue weighted by molar-refractivity contribution is -0.120. The maximum absolute atomic E-state index is 12.8. The molecule has 0 spiro atoms. The van der Waals surface area contributed by atoms with E-state index in [2.05, 4.69) is 20.3 Å². The van der Waals surface area contributed by atoms with Gasteiger partial charge in [-0.3, -0.25) is 4.79 Å². The van der Waals surface area contributed by atoms with Crippen molar-refractivity contribution >= 4 is 23.4 Å². The number of aryl methyl sites for hydroxylation is 1. The van der Waals surface area contributed by atoms with Crippen LogP contribution >= 0.6 is 0 Å². The third-order valence-corrected chi connectivity index (χ3v) is 6.51. The molecular weight excluding hydrogens is 406 g/mol. The highest BCUT2D eigenvalue weighted by molar-refractivity contribution is 6.04. The number of amides is 1. The van der Waals surface area contributed by atoms with Gasteiger partial charge in [0.05, 0.1) is 11.9 Å². The Hall–Kier alpha value is -3.20. The first-order chi connectivity index (χ1) is 15.3. The minimum absolute atomic E-state index is 0.0730. The number of fused-ring (bicyclic) bond motifs is 1. The smallest absolute Gasteiger partial charge is 0.250 e. The van der Waals surface area contributed by atoms with Crippen LogP contribution in [0.4, 0.5) is 11.6 Å². The summed E-state index contributed by atoms with van der Waals surface area (Å²) in [5.74, 6) is 7.30. The van der Waals surface area contributed by atoms with Gasteiger partial charge in [-0.25, -0.2) is 9.97 Å². The van der Waals surface area contributed by atoms with Gasteiger partial charge in [-0.15, -0.1) is 0 Å². The van der Waals surface area contributed by atoms with Crippen molar-refractivity contribution in [2.75, 3.05) is 30.0 Å². The molecule has 9 heteroatoms. The van der Waals surface area contributed by atoms with E-state index in [9.17, 15) is 4.79 Å². The van der Waals surface area contributed by atoms with Gasteiger partial charge in [0.1, 0.15) is 11.4 Å². The van der Waals surface area contributed by atoms with Crippen molar-refractivity contribution in [3.05, 3.63) is 35.5 Å². The lowest BCUT2D eigenvalue weighted by Gasteiger charge is -2.43. The molecule has 2 aliphatic heterocycles. The number of nitrogens with one attached hydrogen (secondary N) is 1. The van der Waals surface area contributed by atoms with E-state index in [-0.39, 0.29) is 11.7 Å². The fraction of sp³-hybridized carbons (Fsp3) is 0.478. The Labute approximate surface area is 188 Å². The van der Waals surface area contributed by atoms with Crippen molar-refractivity contribution in [1.82, 2.24) is 9.97 Å². The molecule has 1 fully saturated rings. The third kappa shape index (κ3) is 4.12. The summed E-state index contributed by atoms with van der Waals surface area (Å²) in [4.78, 5) is 24.4. The molecule has 0 unspecified atom stereocenters. The molecule has 3 heterocycles. The highest BCUT2D eigenvalue weighted by Crippen LogP contribution is 2.37. The Morgan fingerprint density at radius 2 is 2.09 bits per heavy atom. The van der Waals surface area contributed by atoms with Crippen LogP contribution < -0.4 is 21.8 Å². The average Bonchev–Trinajstić information content (AvgIpc) is 2.79. The SMILES string of the molecule is Cc1cc(C(N)=NN)ccc1-c1cnc2c(n1)N(CCC1CCOCC1)C(C)(C)C(=O)N2. The van der Waals surface area contributed by atoms with Gasteiger partial charge < -0.3 is 26.5 Å². The molecule has 1 aromatic heterocycles. The Balaban J connectivity index is 1.68. The molecule has 9 nitrogen and oxygen atoms in total. The van der Waals surface area contributed by atoms with E-state index in [0.29, 0.717) is 17.6 Å². The second kappa shape index (κ2) is 8.74. The molecule has 2 aromatic rings. The van der Waals surface area contributed by atoms with E-state index in [1.54, 1.807) is 6.20 Å². The summed E-state index contributed by atoms with van der Waals surface area (Å²) >= 11 is 0. The number of hydrazone groups is 1. The fourth-order valence-electron chi connectivity index (χ4n) is 4.35. The van der Waals surface area contributed by atoms with Crippen molar-refractivity contribution in [2.24, 2.45) is 22.6 Å². The van der Waals surface area contributed by atoms with Gasteiger partial charge in [0, 0.05) is 30.9 Å². The molecule has 170 valence electrons. The van der Waals surface area contributed by atoms with Crippen LogP contribution in [0.1, 0.15) is 44.2 Å². The van der Waals surface area contributed by atoms with E-state index in [1.165, 1.54) is 0 Å². The Kier molecular flexibility index (Phi) is 6.01. The Morgan fingerprint density at radius 1 is 1.34 bits per heavy atom. The molecule has 5 N–H and O–H groups in total. The van der Waals surface area contributed by atoms with Gasteiger partial charge in [-0.05, 0) is 57.6 Å². The number of hydrogen-bond acceptors (Lipinski definition) is 7. The van der Waals surface area contributed by atoms with Crippen LogP contribution in [0.15, 0.2) is 29.5 Å². The molecule has 0 saturated carbocycles. The van der Waals surface area contributed by atoms with Crippen LogP contribution in [0.3, 0.4) is 0 Å². The Bertz CT molecular complexity index is 1040. The summed E-state index contributed by atoms with van der Waals surface area (Å²) in [6, 6.07) is 5.73. The van der Waals surface area contributed by atoms with E-state index >= 15 is 0 Å². The van der Waals surface area contributed by atoms with Gasteiger partial charge in [-0.2, -0.15) is 5.10 Å². The monoisotopic (exact) mass is 437 g/mol. The van der Waals surface area contributed by atoms with Crippen LogP contribution in [0.25, 0.3) is 11.3 Å². The predicted molar refractivity (Wildman–Crippen MR) is 125 cm³/mol. The number of benzene rings is 1. The summed E-state index contributed by atoms with van der Waals surface area (Å²) in [5, 5.41) is 6.49. The van der Waals surface area contributed by atoms with Gasteiger partial charge in [0.15, 0.2) is 11.6 Å². The standard InChI is InChI=1S/C23H31N7O2/c1-14-12-16(19(24)29-25)4-5-17(14)18-13-26-20-21(27-18)30(23(2,3)22(31)28-20)9-6-15-7-10-32-11-8-15/h4-5,12-13,15H,6-11,25H2,1-3H3,(H2,24,29)(H,26,28,31). The third-order valence-electron chi connectivity index (χ3n) is 6.51. The molecule has 0 radical (unpaired) electrons. The summed E-state index contributed by atoms with van der Waals surface area (Å²) < 4.78 is 5.49. The van der Waals surface area contributed by atoms with Crippen molar-refractivity contribution < 1.29 is 9.53 Å². The molecule has 0 aliphatic carbocycles. The minimum atomic E-state index is -0.726. The highest BCUT2D eigenvalue weighted by Gasteiger charge is 2.42. The van der Waals surface area contributed by atoms with Crippen LogP contribution in [-0.4, -0.2) is 47.0 Å². The van der Waals surface area contributed by atoms with E-state index in [1.807, 2.05) is 39.0 Å². The van der Waals surface area contributed by atoms with Crippen molar-refractivity contribution in [3.63, 3.8) is 0 Å². The molecule has 2 aliphatic rings. The maximum Gasteiger partial charge on any atom is 0.250 e. The molecule has 1 amide bonds. The molecule has 32 heavy (non-hydrogen) atoms. The largest absolute Gasteiger partial charge is 0.382 e. The molecule has 0 bridgehead atoms. The molecule has 4 rings (SSSR count). The summed E-state index contributed by atoms with van der Waals surface area (Å²) in [6.45, 7) is 8.20. The zero-order valence-electron chi connectivity index (χ0n) is 18.9. The van der Waals surface area contributed by atoms with Crippen molar-refractivity contribution in [3.8, 4) is 11.3 Å². The number of aromatic nitrogens is 2. The topological polar surface area (TPSA) is 132 Å². The van der Waals surface area contributed by atoms with E-state index < -0.39 is 5.54 Å². The van der Waals surface area contributed by atoms with E-state index in [0.717, 1.165) is 61.4 Å². The Morgan fingerprint density at radius 3 is 2.78 bits per heavy atom. The predicted octanol–water partition coefficient (Wildman–Crippen LogP) is 2.38. The number of hydrogen-bond donors (Lipinski definition) is 3. The number of nitrogens with zero attached hydrogens (tertiary/aromatic N) is 4. The van der Waals surface area contributed by atoms with Crippen molar-refractivity contribution in [1.29, 1.82) is 0 Å². The number of amidine groups is 1. The molecular formula is C23H31N7O2. The van der Waals surface area contributed by atoms with Gasteiger partial charge in [-0.1, -0.05) is 12.1 Å². The molecule has 0 atom stereocenters. The average molecular weight is 438 g/mol. The number of nitrogens with two attached hydrogens (primary N) is 2. The highest BCUT2D eigenvalue weighted by atomic mass is 16.5. The van der Waals surface area contributed by atoms with Crippen molar-refractivity contribution in [2.45, 2.75) is 45.6 Å². The van der Waals surface area contributed by atoms with Crippen LogP contribution in [0.2, 0.25) is 0 Å². The second-order valence-corrected chi connectivity index (χ2v) is 8.98. The zero-order valence-corrected chi connectivity index (χ0v) is 18.9. The number of rotatable bonds is 5. The minimum Gasteiger partial charge on any atom is -0.382 e. The van der Waals surface area contributed by atoms with Crippen LogP contribution in [0.5, 0.6) is 0 Å². The molecule has 1 aromatic carbocycles. The van der Waals surface area contributed by atoms with Crippen LogP contribution in [-0.2, 0) is 9.53 Å². The maximum atomic E-state index is 12.8. The number of ether oxygens (including phenoxy) is 1. The van der Waals surface area contributed by atoms with Gasteiger partial charge in [0.2, 0.25) is 0 Å². The zero-order chi connectivity index (χ0) is 22.9. The molecule has 1 saturated heterocycles. The van der Waals surface area contributed by atoms with Gasteiger partial charge in [0.25, 0.3) is 5.91 Å². The fourth-order valence-corrected chi connectivity index (χ4v) is 4.35. The summed E-state index contributed by atoms with van der Waals surface area (Å²) in [7, 11) is 0. The lowest BCUT2D eigenvalue weighted by Crippen LogP contribution is -2.57. The lowest BCUT2D eigenvalue weighted by atomic mass is 9.93. The first-order valence-electron chi connectivity index (χ1n) is 11.0. The first-order valence-corrected chi connectivity index (χ1v) is 11.0. The number of anilines is 2. The second-order valence-electron chi connectivity index (χ2n) is 8.98. The quantitative estimate of drug-likeness (QED) is 0.283. The normalized spacial score (nSPS) is 18.9. The van der Waals surface area contributed by atoms with Crippen LogP contribution in [0, 0.1) is 12.8 Å². The summed E-state index contributed by atoms with van der Waals surface area (Å²) in [5.41, 5.74) is 8.53. The van der Waals surface area contributed by atoms with Gasteiger partial charge >= 0.3 is 0 Å². The number of carbonyl (C=O) groups is 1. The van der Waals surface area contributed by atoms with E-state index in [4.69, 9.17) is 21.3 Å². The first kappa shape index (κ1) is 22.0. The number of carbonyl (C=O) groups excluding carboxylic acids is 1.